The number of hydrogen-bond acceptors (Lipinski definition) is 2. The number of unbranched alkanes of at least 4 members (excludes halogenated alkanes) is 14. The van der Waals surface area contributed by atoms with E-state index < -0.39 is 0 Å². The van der Waals surface area contributed by atoms with Gasteiger partial charge in [0.2, 0.25) is 0 Å². The molecule has 0 atom stereocenters. The Morgan fingerprint density at radius 3 is 1.83 bits per heavy atom. The minimum absolute atomic E-state index is 0.0121. The zero-order valence-corrected chi connectivity index (χ0v) is 16.1. The van der Waals surface area contributed by atoms with Crippen LogP contribution in [0.3, 0.4) is 0 Å². The van der Waals surface area contributed by atoms with Gasteiger partial charge in [-0.15, -0.1) is 12.3 Å². The Hall–Kier alpha value is -0.970. The summed E-state index contributed by atoms with van der Waals surface area (Å²) < 4.78 is 5.30. The summed E-state index contributed by atoms with van der Waals surface area (Å²) in [5, 5.41) is 0. The van der Waals surface area contributed by atoms with Gasteiger partial charge in [-0.25, -0.2) is 0 Å². The first-order chi connectivity index (χ1) is 11.8. The number of hydrogen-bond donors (Lipinski definition) is 0. The molecule has 0 bridgehead atoms. The molecule has 2 heteroatoms. The monoisotopic (exact) mass is 336 g/mol. The molecule has 0 heterocycles. The first-order valence-electron chi connectivity index (χ1n) is 10.4. The highest BCUT2D eigenvalue weighted by molar-refractivity contribution is 5.69. The van der Waals surface area contributed by atoms with Crippen LogP contribution in [0.25, 0.3) is 0 Å². The van der Waals surface area contributed by atoms with Crippen LogP contribution in [0.5, 0.6) is 0 Å². The summed E-state index contributed by atoms with van der Waals surface area (Å²) in [6.07, 6.45) is 25.2. The van der Waals surface area contributed by atoms with Crippen molar-refractivity contribution in [2.45, 2.75) is 116 Å². The average molecular weight is 337 g/mol. The van der Waals surface area contributed by atoms with E-state index in [-0.39, 0.29) is 5.97 Å². The normalized spacial score (nSPS) is 10.5. The average Bonchev–Trinajstić information content (AvgIpc) is 2.59. The third-order valence-electron chi connectivity index (χ3n) is 4.46. The van der Waals surface area contributed by atoms with E-state index in [2.05, 4.69) is 12.8 Å². The van der Waals surface area contributed by atoms with Crippen molar-refractivity contribution in [3.8, 4) is 12.3 Å². The molecule has 0 aromatic rings. The van der Waals surface area contributed by atoms with E-state index in [1.165, 1.54) is 70.6 Å². The Bertz CT molecular complexity index is 304. The molecule has 24 heavy (non-hydrogen) atoms. The number of ether oxygens (including phenoxy) is 1. The smallest absolute Gasteiger partial charge is 0.305 e. The molecule has 0 saturated heterocycles. The van der Waals surface area contributed by atoms with E-state index in [0.717, 1.165) is 32.1 Å². The molecule has 0 fully saturated rings. The zero-order valence-electron chi connectivity index (χ0n) is 16.1. The topological polar surface area (TPSA) is 26.3 Å². The summed E-state index contributed by atoms with van der Waals surface area (Å²) >= 11 is 0. The van der Waals surface area contributed by atoms with Crippen LogP contribution in [-0.4, -0.2) is 12.6 Å². The highest BCUT2D eigenvalue weighted by Crippen LogP contribution is 2.11. The van der Waals surface area contributed by atoms with Crippen molar-refractivity contribution >= 4 is 5.97 Å². The molecule has 0 spiro atoms. The third kappa shape index (κ3) is 19.1. The van der Waals surface area contributed by atoms with Gasteiger partial charge >= 0.3 is 5.97 Å². The molecular weight excluding hydrogens is 296 g/mol. The molecule has 0 aliphatic carbocycles. The Balaban J connectivity index is 3.15. The van der Waals surface area contributed by atoms with Gasteiger partial charge in [-0.3, -0.25) is 4.79 Å². The zero-order chi connectivity index (χ0) is 17.7. The molecular formula is C22H40O2. The Labute approximate surface area is 151 Å². The minimum Gasteiger partial charge on any atom is -0.466 e. The molecule has 0 aromatic heterocycles. The molecule has 0 aromatic carbocycles. The summed E-state index contributed by atoms with van der Waals surface area (Å²) in [6, 6.07) is 0. The van der Waals surface area contributed by atoms with Crippen molar-refractivity contribution in [3.05, 3.63) is 0 Å². The lowest BCUT2D eigenvalue weighted by molar-refractivity contribution is -0.143. The summed E-state index contributed by atoms with van der Waals surface area (Å²) in [7, 11) is 0. The van der Waals surface area contributed by atoms with Gasteiger partial charge in [0.25, 0.3) is 0 Å². The summed E-state index contributed by atoms with van der Waals surface area (Å²) in [4.78, 5) is 11.6. The highest BCUT2D eigenvalue weighted by atomic mass is 16.5. The largest absolute Gasteiger partial charge is 0.466 e. The highest BCUT2D eigenvalue weighted by Gasteiger charge is 2.02. The molecule has 0 unspecified atom stereocenters. The predicted octanol–water partition coefficient (Wildman–Crippen LogP) is 6.81. The van der Waals surface area contributed by atoms with E-state index >= 15 is 0 Å². The fourth-order valence-electron chi connectivity index (χ4n) is 2.87. The first-order valence-corrected chi connectivity index (χ1v) is 10.4. The van der Waals surface area contributed by atoms with Gasteiger partial charge < -0.3 is 4.74 Å². The van der Waals surface area contributed by atoms with Crippen molar-refractivity contribution in [1.82, 2.24) is 0 Å². The Kier molecular flexibility index (Phi) is 19.3. The van der Waals surface area contributed by atoms with Gasteiger partial charge in [-0.05, 0) is 19.3 Å². The van der Waals surface area contributed by atoms with Gasteiger partial charge in [0.15, 0.2) is 0 Å². The number of rotatable bonds is 18. The molecule has 0 saturated carbocycles. The van der Waals surface area contributed by atoms with Crippen LogP contribution in [-0.2, 0) is 9.53 Å². The predicted molar refractivity (Wildman–Crippen MR) is 104 cm³/mol. The van der Waals surface area contributed by atoms with Gasteiger partial charge in [0.05, 0.1) is 6.61 Å². The second-order valence-electron chi connectivity index (χ2n) is 6.87. The van der Waals surface area contributed by atoms with Crippen molar-refractivity contribution in [2.75, 3.05) is 6.61 Å². The molecule has 0 N–H and O–H groups in total. The first kappa shape index (κ1) is 23.0. The van der Waals surface area contributed by atoms with Crippen LogP contribution in [0.1, 0.15) is 116 Å². The molecule has 0 amide bonds. The van der Waals surface area contributed by atoms with Crippen LogP contribution < -0.4 is 0 Å². The van der Waals surface area contributed by atoms with Crippen molar-refractivity contribution in [1.29, 1.82) is 0 Å². The molecule has 140 valence electrons. The maximum absolute atomic E-state index is 11.6. The maximum Gasteiger partial charge on any atom is 0.305 e. The molecule has 2 nitrogen and oxygen atoms in total. The maximum atomic E-state index is 11.6. The number of carbonyl (C=O) groups is 1. The van der Waals surface area contributed by atoms with E-state index in [1.54, 1.807) is 0 Å². The van der Waals surface area contributed by atoms with Crippen molar-refractivity contribution in [2.24, 2.45) is 0 Å². The van der Waals surface area contributed by atoms with Crippen LogP contribution in [0.2, 0.25) is 0 Å². The van der Waals surface area contributed by atoms with Crippen molar-refractivity contribution in [3.63, 3.8) is 0 Å². The number of terminal acetylenes is 1. The molecule has 0 rings (SSSR count). The van der Waals surface area contributed by atoms with Crippen LogP contribution in [0.15, 0.2) is 0 Å². The third-order valence-corrected chi connectivity index (χ3v) is 4.46. The lowest BCUT2D eigenvalue weighted by atomic mass is 10.1. The second kappa shape index (κ2) is 20.1. The lowest BCUT2D eigenvalue weighted by Gasteiger charge is -2.05. The summed E-state index contributed by atoms with van der Waals surface area (Å²) in [5.74, 6) is 2.66. The van der Waals surface area contributed by atoms with E-state index in [9.17, 15) is 4.79 Å². The molecule has 0 radical (unpaired) electrons. The van der Waals surface area contributed by atoms with Gasteiger partial charge in [-0.2, -0.15) is 0 Å². The van der Waals surface area contributed by atoms with Crippen LogP contribution in [0, 0.1) is 12.3 Å². The standard InChI is InChI=1S/C22H40O2/c1-3-5-7-9-11-13-15-17-19-21-24-22(23)20-18-16-14-12-10-8-6-4-2/h2H,3,5-21H2,1H3. The van der Waals surface area contributed by atoms with E-state index in [4.69, 9.17) is 11.2 Å². The Morgan fingerprint density at radius 2 is 1.25 bits per heavy atom. The fraction of sp³-hybridized carbons (Fsp3) is 0.864. The molecule has 0 aliphatic heterocycles. The quantitative estimate of drug-likeness (QED) is 0.156. The van der Waals surface area contributed by atoms with E-state index in [1.807, 2.05) is 0 Å². The minimum atomic E-state index is -0.0121. The number of esters is 1. The van der Waals surface area contributed by atoms with Gasteiger partial charge in [0.1, 0.15) is 0 Å². The van der Waals surface area contributed by atoms with E-state index in [0.29, 0.717) is 13.0 Å². The number of carbonyl (C=O) groups excluding carboxylic acids is 1. The second-order valence-corrected chi connectivity index (χ2v) is 6.87. The van der Waals surface area contributed by atoms with Crippen LogP contribution in [0.4, 0.5) is 0 Å². The summed E-state index contributed by atoms with van der Waals surface area (Å²) in [5.41, 5.74) is 0. The van der Waals surface area contributed by atoms with Crippen LogP contribution >= 0.6 is 0 Å². The fourth-order valence-corrected chi connectivity index (χ4v) is 2.87. The van der Waals surface area contributed by atoms with Gasteiger partial charge in [-0.1, -0.05) is 84.0 Å². The summed E-state index contributed by atoms with van der Waals surface area (Å²) in [6.45, 7) is 2.87. The van der Waals surface area contributed by atoms with Crippen molar-refractivity contribution < 1.29 is 9.53 Å². The lowest BCUT2D eigenvalue weighted by Crippen LogP contribution is -2.05. The Morgan fingerprint density at radius 1 is 0.750 bits per heavy atom. The van der Waals surface area contributed by atoms with Gasteiger partial charge in [0, 0.05) is 12.8 Å². The SMILES string of the molecule is C#CCCCCCCCCC(=O)OCCCCCCCCCCC. The molecule has 0 aliphatic rings.